The third-order valence-electron chi connectivity index (χ3n) is 5.00. The molecule has 2 bridgehead atoms. The first kappa shape index (κ1) is 19.3. The lowest BCUT2D eigenvalue weighted by Gasteiger charge is -2.47. The Kier molecular flexibility index (Phi) is 6.65. The second-order valence-electron chi connectivity index (χ2n) is 6.61. The molecule has 9 heteroatoms. The quantitative estimate of drug-likeness (QED) is 0.375. The van der Waals surface area contributed by atoms with Gasteiger partial charge in [0.15, 0.2) is 17.4 Å². The summed E-state index contributed by atoms with van der Waals surface area (Å²) in [5, 5.41) is 15.2. The van der Waals surface area contributed by atoms with Crippen LogP contribution in [0.3, 0.4) is 0 Å². The summed E-state index contributed by atoms with van der Waals surface area (Å²) in [6.45, 7) is 10.3. The largest absolute Gasteiger partial charge is 0.357 e. The summed E-state index contributed by atoms with van der Waals surface area (Å²) in [7, 11) is 0. The Morgan fingerprint density at radius 1 is 1.19 bits per heavy atom. The number of rotatable bonds is 5. The van der Waals surface area contributed by atoms with Gasteiger partial charge < -0.3 is 10.6 Å². The molecule has 26 heavy (non-hydrogen) atoms. The zero-order chi connectivity index (χ0) is 17.1. The maximum Gasteiger partial charge on any atom is 0.191 e. The van der Waals surface area contributed by atoms with Crippen LogP contribution < -0.4 is 10.6 Å². The van der Waals surface area contributed by atoms with Gasteiger partial charge in [-0.25, -0.2) is 4.99 Å². The molecule has 3 fully saturated rings. The van der Waals surface area contributed by atoms with Gasteiger partial charge in [0, 0.05) is 58.1 Å². The topological polar surface area (TPSA) is 73.1 Å². The van der Waals surface area contributed by atoms with Gasteiger partial charge in [0.1, 0.15) is 6.54 Å². The van der Waals surface area contributed by atoms with Crippen LogP contribution >= 0.6 is 24.0 Å². The van der Waals surface area contributed by atoms with Gasteiger partial charge in [0.05, 0.1) is 0 Å². The maximum absolute atomic E-state index is 4.69. The Hall–Kier alpha value is -1.46. The highest BCUT2D eigenvalue weighted by molar-refractivity contribution is 14.0. The monoisotopic (exact) mass is 470 g/mol. The summed E-state index contributed by atoms with van der Waals surface area (Å²) < 4.78 is 1.98. The maximum atomic E-state index is 4.69. The normalized spacial score (nSPS) is 25.1. The number of aromatic nitrogens is 3. The number of piperazine rings is 3. The average Bonchev–Trinajstić information content (AvgIpc) is 3.08. The van der Waals surface area contributed by atoms with Crippen LogP contribution in [-0.4, -0.2) is 82.2 Å². The molecule has 0 amide bonds. The number of fused-ring (bicyclic) bond motifs is 4. The van der Waals surface area contributed by atoms with E-state index < -0.39 is 0 Å². The van der Waals surface area contributed by atoms with Crippen molar-refractivity contribution in [1.82, 2.24) is 35.0 Å². The van der Waals surface area contributed by atoms with Gasteiger partial charge in [0.25, 0.3) is 0 Å². The standard InChI is InChI=1S/C17H26N8.HI/c1-2-18-17(19-11-14-13-23-7-9-24(14)10-8-23)20-12-16-22-21-15-5-3-4-6-25(15)16;/h3-6,14H,2,7-13H2,1H3,(H2,18,19,20);1H. The van der Waals surface area contributed by atoms with Crippen molar-refractivity contribution in [2.45, 2.75) is 19.5 Å². The molecule has 5 rings (SSSR count). The predicted molar refractivity (Wildman–Crippen MR) is 113 cm³/mol. The van der Waals surface area contributed by atoms with Gasteiger partial charge in [-0.1, -0.05) is 6.07 Å². The molecule has 8 nitrogen and oxygen atoms in total. The van der Waals surface area contributed by atoms with Crippen LogP contribution in [0, 0.1) is 0 Å². The Morgan fingerprint density at radius 3 is 2.77 bits per heavy atom. The first-order valence-electron chi connectivity index (χ1n) is 9.10. The molecule has 3 saturated heterocycles. The van der Waals surface area contributed by atoms with E-state index in [4.69, 9.17) is 4.99 Å². The number of aliphatic imine (C=N–C) groups is 1. The molecule has 1 unspecified atom stereocenters. The van der Waals surface area contributed by atoms with Gasteiger partial charge in [-0.3, -0.25) is 14.2 Å². The first-order chi connectivity index (χ1) is 12.3. The number of pyridine rings is 1. The van der Waals surface area contributed by atoms with Gasteiger partial charge in [-0.05, 0) is 19.1 Å². The molecular weight excluding hydrogens is 443 g/mol. The number of nitrogens with one attached hydrogen (secondary N) is 2. The van der Waals surface area contributed by atoms with E-state index in [1.807, 2.05) is 28.8 Å². The molecule has 2 N–H and O–H groups in total. The molecule has 2 aromatic heterocycles. The number of nitrogens with zero attached hydrogens (tertiary/aromatic N) is 6. The van der Waals surface area contributed by atoms with E-state index in [0.717, 1.165) is 37.1 Å². The van der Waals surface area contributed by atoms with Crippen LogP contribution in [0.25, 0.3) is 5.65 Å². The van der Waals surface area contributed by atoms with E-state index in [1.165, 1.54) is 26.2 Å². The van der Waals surface area contributed by atoms with E-state index in [2.05, 4.69) is 37.6 Å². The fraction of sp³-hybridized carbons (Fsp3) is 0.588. The minimum atomic E-state index is 0. The highest BCUT2D eigenvalue weighted by Gasteiger charge is 2.31. The van der Waals surface area contributed by atoms with Crippen molar-refractivity contribution in [2.24, 2.45) is 4.99 Å². The molecule has 0 aliphatic carbocycles. The van der Waals surface area contributed by atoms with Gasteiger partial charge in [-0.2, -0.15) is 0 Å². The SMILES string of the molecule is CCNC(=NCc1nnc2ccccn12)NCC1CN2CCN1CC2.I. The molecular formula is C17H27IN8. The minimum Gasteiger partial charge on any atom is -0.357 e. The molecule has 1 atom stereocenters. The summed E-state index contributed by atoms with van der Waals surface area (Å²) in [6, 6.07) is 6.46. The molecule has 0 spiro atoms. The van der Waals surface area contributed by atoms with Crippen LogP contribution in [0.1, 0.15) is 12.7 Å². The van der Waals surface area contributed by atoms with Crippen molar-refractivity contribution in [3.63, 3.8) is 0 Å². The number of halogens is 1. The van der Waals surface area contributed by atoms with Gasteiger partial charge >= 0.3 is 0 Å². The lowest BCUT2D eigenvalue weighted by molar-refractivity contribution is 0.0154. The number of hydrogen-bond donors (Lipinski definition) is 2. The molecule has 3 aliphatic heterocycles. The van der Waals surface area contributed by atoms with Crippen LogP contribution in [0.5, 0.6) is 0 Å². The number of hydrogen-bond acceptors (Lipinski definition) is 5. The Balaban J connectivity index is 0.00000196. The van der Waals surface area contributed by atoms with Crippen molar-refractivity contribution in [3.8, 4) is 0 Å². The first-order valence-corrected chi connectivity index (χ1v) is 9.10. The second-order valence-corrected chi connectivity index (χ2v) is 6.61. The van der Waals surface area contributed by atoms with E-state index >= 15 is 0 Å². The molecule has 0 aromatic carbocycles. The molecule has 3 aliphatic rings. The van der Waals surface area contributed by atoms with Crippen LogP contribution in [0.15, 0.2) is 29.4 Å². The van der Waals surface area contributed by atoms with Crippen LogP contribution in [-0.2, 0) is 6.54 Å². The summed E-state index contributed by atoms with van der Waals surface area (Å²) in [5.41, 5.74) is 0.853. The lowest BCUT2D eigenvalue weighted by Crippen LogP contribution is -2.63. The second kappa shape index (κ2) is 8.96. The smallest absolute Gasteiger partial charge is 0.191 e. The average molecular weight is 470 g/mol. The van der Waals surface area contributed by atoms with Gasteiger partial charge in [-0.15, -0.1) is 34.2 Å². The predicted octanol–water partition coefficient (Wildman–Crippen LogP) is 0.402. The third-order valence-corrected chi connectivity index (χ3v) is 5.00. The fourth-order valence-electron chi connectivity index (χ4n) is 3.62. The summed E-state index contributed by atoms with van der Waals surface area (Å²) in [5.74, 6) is 1.69. The summed E-state index contributed by atoms with van der Waals surface area (Å²) in [6.07, 6.45) is 1.97. The van der Waals surface area contributed by atoms with Crippen molar-refractivity contribution in [3.05, 3.63) is 30.2 Å². The molecule has 0 radical (unpaired) electrons. The molecule has 2 aromatic rings. The number of guanidine groups is 1. The van der Waals surface area contributed by atoms with Crippen molar-refractivity contribution in [2.75, 3.05) is 45.8 Å². The minimum absolute atomic E-state index is 0. The van der Waals surface area contributed by atoms with E-state index in [-0.39, 0.29) is 24.0 Å². The van der Waals surface area contributed by atoms with Crippen LogP contribution in [0.2, 0.25) is 0 Å². The molecule has 0 saturated carbocycles. The highest BCUT2D eigenvalue weighted by Crippen LogP contribution is 2.14. The van der Waals surface area contributed by atoms with E-state index in [9.17, 15) is 0 Å². The Labute approximate surface area is 171 Å². The zero-order valence-electron chi connectivity index (χ0n) is 15.1. The zero-order valence-corrected chi connectivity index (χ0v) is 17.5. The van der Waals surface area contributed by atoms with E-state index in [0.29, 0.717) is 12.6 Å². The van der Waals surface area contributed by atoms with Gasteiger partial charge in [0.2, 0.25) is 0 Å². The van der Waals surface area contributed by atoms with Crippen molar-refractivity contribution < 1.29 is 0 Å². The molecule has 142 valence electrons. The van der Waals surface area contributed by atoms with Crippen LogP contribution in [0.4, 0.5) is 0 Å². The van der Waals surface area contributed by atoms with E-state index in [1.54, 1.807) is 0 Å². The Morgan fingerprint density at radius 2 is 2.04 bits per heavy atom. The fourth-order valence-corrected chi connectivity index (χ4v) is 3.62. The van der Waals surface area contributed by atoms with Crippen molar-refractivity contribution in [1.29, 1.82) is 0 Å². The highest BCUT2D eigenvalue weighted by atomic mass is 127. The third kappa shape index (κ3) is 4.26. The summed E-state index contributed by atoms with van der Waals surface area (Å²) >= 11 is 0. The lowest BCUT2D eigenvalue weighted by atomic mass is 10.1. The molecule has 5 heterocycles. The summed E-state index contributed by atoms with van der Waals surface area (Å²) in [4.78, 5) is 9.83. The van der Waals surface area contributed by atoms with Crippen molar-refractivity contribution >= 4 is 35.6 Å². The Bertz CT molecular complexity index is 737.